The van der Waals surface area contributed by atoms with Crippen LogP contribution in [0.1, 0.15) is 61.8 Å². The Kier molecular flexibility index (Phi) is 7.44. The van der Waals surface area contributed by atoms with Gasteiger partial charge in [0, 0.05) is 7.05 Å². The van der Waals surface area contributed by atoms with Crippen LogP contribution in [0.3, 0.4) is 0 Å². The van der Waals surface area contributed by atoms with E-state index in [9.17, 15) is 14.4 Å². The van der Waals surface area contributed by atoms with Gasteiger partial charge in [0.2, 0.25) is 5.54 Å². The number of carbonyl (C=O) groups is 3. The Morgan fingerprint density at radius 1 is 0.920 bits per heavy atom. The standard InChI is InChI=1S/C17H32N2O6/c1-11(2)10-17(13(21)25-18,12(20)23-15(3,4)5)19(9)14(22)24-16(6,7)8/h11H,10,18H2,1-9H3/t17-/m1/s1. The zero-order valence-electron chi connectivity index (χ0n) is 16.8. The second-order valence-corrected chi connectivity index (χ2v) is 8.40. The van der Waals surface area contributed by atoms with E-state index in [0.717, 1.165) is 4.90 Å². The Bertz CT molecular complexity index is 504. The number of hydrogen-bond donors (Lipinski definition) is 1. The Labute approximate surface area is 149 Å². The highest BCUT2D eigenvalue weighted by atomic mass is 16.7. The maximum Gasteiger partial charge on any atom is 0.411 e. The highest BCUT2D eigenvalue weighted by Gasteiger charge is 2.56. The van der Waals surface area contributed by atoms with Gasteiger partial charge in [0.1, 0.15) is 11.2 Å². The Morgan fingerprint density at radius 2 is 1.36 bits per heavy atom. The second-order valence-electron chi connectivity index (χ2n) is 8.40. The minimum absolute atomic E-state index is 0.0340. The maximum atomic E-state index is 12.9. The number of carbonyl (C=O) groups excluding carboxylic acids is 3. The van der Waals surface area contributed by atoms with Crippen LogP contribution in [0, 0.1) is 5.92 Å². The van der Waals surface area contributed by atoms with Crippen LogP contribution >= 0.6 is 0 Å². The van der Waals surface area contributed by atoms with Crippen molar-refractivity contribution in [3.63, 3.8) is 0 Å². The van der Waals surface area contributed by atoms with Gasteiger partial charge in [0.05, 0.1) is 0 Å². The summed E-state index contributed by atoms with van der Waals surface area (Å²) < 4.78 is 10.7. The number of likely N-dealkylation sites (N-methyl/N-ethyl adjacent to an activating group) is 1. The lowest BCUT2D eigenvalue weighted by atomic mass is 9.87. The molecule has 8 nitrogen and oxygen atoms in total. The fourth-order valence-electron chi connectivity index (χ4n) is 2.20. The summed E-state index contributed by atoms with van der Waals surface area (Å²) in [4.78, 5) is 43.2. The topological polar surface area (TPSA) is 108 Å². The molecule has 0 saturated carbocycles. The fraction of sp³-hybridized carbons (Fsp3) is 0.824. The molecular formula is C17H32N2O6. The van der Waals surface area contributed by atoms with E-state index in [-0.39, 0.29) is 12.3 Å². The van der Waals surface area contributed by atoms with Crippen molar-refractivity contribution in [3.05, 3.63) is 0 Å². The third-order valence-corrected chi connectivity index (χ3v) is 3.12. The molecule has 0 aromatic heterocycles. The Balaban J connectivity index is 6.12. The largest absolute Gasteiger partial charge is 0.458 e. The van der Waals surface area contributed by atoms with Crippen LogP contribution in [-0.4, -0.2) is 46.7 Å². The summed E-state index contributed by atoms with van der Waals surface area (Å²) in [6.07, 6.45) is -0.891. The normalized spacial score (nSPS) is 14.5. The molecule has 0 heterocycles. The lowest BCUT2D eigenvalue weighted by Gasteiger charge is -2.39. The molecule has 1 amide bonds. The molecule has 0 saturated heterocycles. The van der Waals surface area contributed by atoms with E-state index >= 15 is 0 Å². The van der Waals surface area contributed by atoms with Gasteiger partial charge in [-0.05, 0) is 53.9 Å². The van der Waals surface area contributed by atoms with Crippen LogP contribution in [0.5, 0.6) is 0 Å². The predicted octanol–water partition coefficient (Wildman–Crippen LogP) is 2.40. The predicted molar refractivity (Wildman–Crippen MR) is 92.3 cm³/mol. The summed E-state index contributed by atoms with van der Waals surface area (Å²) in [6, 6.07) is 0. The van der Waals surface area contributed by atoms with Crippen LogP contribution in [0.25, 0.3) is 0 Å². The SMILES string of the molecule is CC(C)C[C@](C(=O)ON)(C(=O)OC(C)(C)C)N(C)C(=O)OC(C)(C)C. The van der Waals surface area contributed by atoms with Crippen molar-refractivity contribution in [2.45, 2.75) is 78.6 Å². The number of nitrogens with two attached hydrogens (primary N) is 1. The molecule has 2 N–H and O–H groups in total. The Hall–Kier alpha value is -1.83. The lowest BCUT2D eigenvalue weighted by Crippen LogP contribution is -2.64. The van der Waals surface area contributed by atoms with Crippen molar-refractivity contribution in [2.24, 2.45) is 11.8 Å². The maximum absolute atomic E-state index is 12.9. The number of amides is 1. The van der Waals surface area contributed by atoms with Crippen molar-refractivity contribution < 1.29 is 28.7 Å². The minimum atomic E-state index is -2.04. The van der Waals surface area contributed by atoms with E-state index in [1.54, 1.807) is 55.4 Å². The van der Waals surface area contributed by atoms with Crippen molar-refractivity contribution in [2.75, 3.05) is 7.05 Å². The molecule has 8 heteroatoms. The number of ether oxygens (including phenoxy) is 2. The zero-order valence-corrected chi connectivity index (χ0v) is 16.8. The quantitative estimate of drug-likeness (QED) is 0.455. The molecule has 0 fully saturated rings. The molecule has 1 atom stereocenters. The summed E-state index contributed by atoms with van der Waals surface area (Å²) in [6.45, 7) is 13.6. The van der Waals surface area contributed by atoms with Crippen LogP contribution in [0.15, 0.2) is 0 Å². The molecule has 25 heavy (non-hydrogen) atoms. The van der Waals surface area contributed by atoms with E-state index in [1.807, 2.05) is 0 Å². The molecule has 0 aliphatic rings. The molecule has 0 spiro atoms. The highest BCUT2D eigenvalue weighted by Crippen LogP contribution is 2.30. The third-order valence-electron chi connectivity index (χ3n) is 3.12. The summed E-state index contributed by atoms with van der Waals surface area (Å²) in [5.74, 6) is 2.92. The Morgan fingerprint density at radius 3 is 1.68 bits per heavy atom. The first-order valence-corrected chi connectivity index (χ1v) is 8.18. The van der Waals surface area contributed by atoms with Crippen LogP contribution < -0.4 is 5.90 Å². The van der Waals surface area contributed by atoms with Crippen LogP contribution in [-0.2, 0) is 23.9 Å². The van der Waals surface area contributed by atoms with Crippen molar-refractivity contribution in [1.82, 2.24) is 4.90 Å². The molecule has 0 unspecified atom stereocenters. The summed E-state index contributed by atoms with van der Waals surface area (Å²) in [7, 11) is 1.29. The van der Waals surface area contributed by atoms with Gasteiger partial charge in [0.15, 0.2) is 0 Å². The average Bonchev–Trinajstić information content (AvgIpc) is 2.38. The number of rotatable bonds is 5. The number of esters is 1. The van der Waals surface area contributed by atoms with Crippen LogP contribution in [0.4, 0.5) is 4.79 Å². The molecule has 0 aromatic rings. The van der Waals surface area contributed by atoms with E-state index in [4.69, 9.17) is 15.4 Å². The molecule has 0 bridgehead atoms. The fourth-order valence-corrected chi connectivity index (χ4v) is 2.20. The van der Waals surface area contributed by atoms with Gasteiger partial charge in [-0.25, -0.2) is 14.4 Å². The molecule has 0 aromatic carbocycles. The van der Waals surface area contributed by atoms with Gasteiger partial charge >= 0.3 is 18.0 Å². The van der Waals surface area contributed by atoms with Gasteiger partial charge in [-0.1, -0.05) is 13.8 Å². The van der Waals surface area contributed by atoms with Gasteiger partial charge in [-0.3, -0.25) is 4.90 Å². The summed E-state index contributed by atoms with van der Waals surface area (Å²) in [5, 5.41) is 0. The smallest absolute Gasteiger partial charge is 0.411 e. The van der Waals surface area contributed by atoms with E-state index < -0.39 is 34.8 Å². The average molecular weight is 360 g/mol. The molecule has 0 aliphatic carbocycles. The van der Waals surface area contributed by atoms with Crippen molar-refractivity contribution >= 4 is 18.0 Å². The monoisotopic (exact) mass is 360 g/mol. The van der Waals surface area contributed by atoms with Gasteiger partial charge in [0.25, 0.3) is 0 Å². The zero-order chi connectivity index (χ0) is 20.2. The highest BCUT2D eigenvalue weighted by molar-refractivity contribution is 6.07. The minimum Gasteiger partial charge on any atom is -0.458 e. The number of nitrogens with zero attached hydrogens (tertiary/aromatic N) is 1. The van der Waals surface area contributed by atoms with E-state index in [2.05, 4.69) is 4.84 Å². The van der Waals surface area contributed by atoms with Gasteiger partial charge in [-0.2, -0.15) is 5.90 Å². The first-order chi connectivity index (χ1) is 11.1. The molecule has 0 radical (unpaired) electrons. The van der Waals surface area contributed by atoms with E-state index in [0.29, 0.717) is 0 Å². The van der Waals surface area contributed by atoms with E-state index in [1.165, 1.54) is 7.05 Å². The third kappa shape index (κ3) is 6.53. The van der Waals surface area contributed by atoms with Crippen molar-refractivity contribution in [3.8, 4) is 0 Å². The molecule has 0 rings (SSSR count). The van der Waals surface area contributed by atoms with Crippen LogP contribution in [0.2, 0.25) is 0 Å². The lowest BCUT2D eigenvalue weighted by molar-refractivity contribution is -0.182. The second kappa shape index (κ2) is 8.03. The summed E-state index contributed by atoms with van der Waals surface area (Å²) in [5.41, 5.74) is -3.73. The molecule has 0 aliphatic heterocycles. The van der Waals surface area contributed by atoms with Crippen molar-refractivity contribution in [1.29, 1.82) is 0 Å². The summed E-state index contributed by atoms with van der Waals surface area (Å²) >= 11 is 0. The first kappa shape index (κ1) is 23.2. The van der Waals surface area contributed by atoms with Gasteiger partial charge in [-0.15, -0.1) is 0 Å². The van der Waals surface area contributed by atoms with Gasteiger partial charge < -0.3 is 14.3 Å². The molecule has 146 valence electrons. The number of hydrogen-bond acceptors (Lipinski definition) is 7. The first-order valence-electron chi connectivity index (χ1n) is 8.18. The molecular weight excluding hydrogens is 328 g/mol.